The van der Waals surface area contributed by atoms with Crippen LogP contribution in [0, 0.1) is 6.92 Å². The van der Waals surface area contributed by atoms with Crippen molar-refractivity contribution in [3.63, 3.8) is 0 Å². The summed E-state index contributed by atoms with van der Waals surface area (Å²) < 4.78 is 0. The van der Waals surface area contributed by atoms with Crippen LogP contribution in [0.5, 0.6) is 0 Å². The second kappa shape index (κ2) is 4.73. The summed E-state index contributed by atoms with van der Waals surface area (Å²) in [6.07, 6.45) is 1.73. The molecule has 1 unspecified atom stereocenters. The van der Waals surface area contributed by atoms with Crippen LogP contribution in [0.4, 0.5) is 5.82 Å². The van der Waals surface area contributed by atoms with Gasteiger partial charge in [-0.3, -0.25) is 0 Å². The number of nitrogens with zero attached hydrogens (tertiary/aromatic N) is 1. The predicted octanol–water partition coefficient (Wildman–Crippen LogP) is 2.67. The van der Waals surface area contributed by atoms with Gasteiger partial charge in [-0.1, -0.05) is 23.7 Å². The topological polar surface area (TPSA) is 64.9 Å². The molecule has 0 amide bonds. The Kier molecular flexibility index (Phi) is 3.31. The summed E-state index contributed by atoms with van der Waals surface area (Å²) in [6.45, 7) is 1.96. The highest BCUT2D eigenvalue weighted by atomic mass is 35.5. The number of hydrogen-bond donors (Lipinski definition) is 2. The molecular formula is C13H14ClN3. The number of hydrogen-bond acceptors (Lipinski definition) is 3. The summed E-state index contributed by atoms with van der Waals surface area (Å²) >= 11 is 5.95. The molecule has 2 aromatic rings. The second-order valence-electron chi connectivity index (χ2n) is 4.02. The van der Waals surface area contributed by atoms with E-state index >= 15 is 0 Å². The van der Waals surface area contributed by atoms with Gasteiger partial charge < -0.3 is 11.5 Å². The van der Waals surface area contributed by atoms with Crippen molar-refractivity contribution in [3.8, 4) is 0 Å². The molecule has 0 aliphatic heterocycles. The minimum atomic E-state index is -0.305. The second-order valence-corrected chi connectivity index (χ2v) is 4.46. The monoisotopic (exact) mass is 247 g/mol. The van der Waals surface area contributed by atoms with Crippen LogP contribution in [-0.2, 0) is 0 Å². The highest BCUT2D eigenvalue weighted by Crippen LogP contribution is 2.25. The van der Waals surface area contributed by atoms with E-state index in [-0.39, 0.29) is 6.04 Å². The maximum Gasteiger partial charge on any atom is 0.128 e. The molecule has 0 fully saturated rings. The molecular weight excluding hydrogens is 234 g/mol. The summed E-state index contributed by atoms with van der Waals surface area (Å²) in [5, 5.41) is 0.664. The molecule has 0 radical (unpaired) electrons. The van der Waals surface area contributed by atoms with Crippen molar-refractivity contribution in [1.29, 1.82) is 0 Å². The van der Waals surface area contributed by atoms with Gasteiger partial charge >= 0.3 is 0 Å². The summed E-state index contributed by atoms with van der Waals surface area (Å²) in [6, 6.07) is 9.10. The van der Waals surface area contributed by atoms with E-state index in [2.05, 4.69) is 4.98 Å². The number of nitrogens with two attached hydrogens (primary N) is 2. The molecule has 0 spiro atoms. The van der Waals surface area contributed by atoms with Crippen molar-refractivity contribution in [2.75, 3.05) is 5.73 Å². The number of halogens is 1. The van der Waals surface area contributed by atoms with E-state index in [1.165, 1.54) is 0 Å². The van der Waals surface area contributed by atoms with Crippen molar-refractivity contribution in [2.45, 2.75) is 13.0 Å². The minimum Gasteiger partial charge on any atom is -0.383 e. The van der Waals surface area contributed by atoms with Gasteiger partial charge in [0.15, 0.2) is 0 Å². The molecule has 0 aliphatic carbocycles. The van der Waals surface area contributed by atoms with E-state index in [1.54, 1.807) is 6.20 Å². The normalized spacial score (nSPS) is 12.4. The van der Waals surface area contributed by atoms with Crippen LogP contribution in [-0.4, -0.2) is 4.98 Å². The summed E-state index contributed by atoms with van der Waals surface area (Å²) in [5.74, 6) is 0.461. The highest BCUT2D eigenvalue weighted by molar-refractivity contribution is 6.30. The Morgan fingerprint density at radius 1 is 1.29 bits per heavy atom. The Bertz CT molecular complexity index is 540. The Balaban J connectivity index is 2.43. The van der Waals surface area contributed by atoms with E-state index in [9.17, 15) is 0 Å². The molecule has 1 aromatic carbocycles. The summed E-state index contributed by atoms with van der Waals surface area (Å²) in [7, 11) is 0. The average Bonchev–Trinajstić information content (AvgIpc) is 2.31. The van der Waals surface area contributed by atoms with Gasteiger partial charge in [0, 0.05) is 16.8 Å². The van der Waals surface area contributed by atoms with Crippen LogP contribution in [0.2, 0.25) is 5.02 Å². The fourth-order valence-electron chi connectivity index (χ4n) is 1.73. The molecule has 4 N–H and O–H groups in total. The molecule has 1 atom stereocenters. The largest absolute Gasteiger partial charge is 0.383 e. The van der Waals surface area contributed by atoms with E-state index in [0.717, 1.165) is 16.7 Å². The number of pyridine rings is 1. The van der Waals surface area contributed by atoms with Crippen molar-refractivity contribution in [1.82, 2.24) is 4.98 Å². The van der Waals surface area contributed by atoms with Gasteiger partial charge in [-0.15, -0.1) is 0 Å². The first kappa shape index (κ1) is 11.9. The molecule has 0 saturated heterocycles. The molecule has 0 bridgehead atoms. The van der Waals surface area contributed by atoms with Crippen LogP contribution in [0.1, 0.15) is 22.7 Å². The molecule has 3 nitrogen and oxygen atoms in total. The third kappa shape index (κ3) is 2.57. The molecule has 0 saturated carbocycles. The fourth-order valence-corrected chi connectivity index (χ4v) is 1.93. The Morgan fingerprint density at radius 2 is 2.06 bits per heavy atom. The van der Waals surface area contributed by atoms with Crippen LogP contribution < -0.4 is 11.5 Å². The zero-order chi connectivity index (χ0) is 12.4. The minimum absolute atomic E-state index is 0.305. The molecule has 4 heteroatoms. The number of benzene rings is 1. The molecule has 0 aliphatic rings. The lowest BCUT2D eigenvalue weighted by molar-refractivity contribution is 0.865. The maximum absolute atomic E-state index is 6.18. The number of aryl methyl sites for hydroxylation is 1. The summed E-state index contributed by atoms with van der Waals surface area (Å²) in [4.78, 5) is 4.11. The lowest BCUT2D eigenvalue weighted by atomic mass is 9.99. The maximum atomic E-state index is 6.18. The van der Waals surface area contributed by atoms with Crippen molar-refractivity contribution >= 4 is 17.4 Å². The van der Waals surface area contributed by atoms with Crippen LogP contribution in [0.25, 0.3) is 0 Å². The van der Waals surface area contributed by atoms with Crippen LogP contribution in [0.3, 0.4) is 0 Å². The van der Waals surface area contributed by atoms with Crippen LogP contribution in [0.15, 0.2) is 36.5 Å². The zero-order valence-corrected chi connectivity index (χ0v) is 10.3. The van der Waals surface area contributed by atoms with Gasteiger partial charge in [0.1, 0.15) is 5.82 Å². The standard InChI is InChI=1S/C13H14ClN3/c1-8-5-11(13(16)17-7-8)12(15)9-3-2-4-10(14)6-9/h2-7,12H,15H2,1H3,(H2,16,17). The van der Waals surface area contributed by atoms with Gasteiger partial charge in [0.25, 0.3) is 0 Å². The zero-order valence-electron chi connectivity index (χ0n) is 9.52. The van der Waals surface area contributed by atoms with E-state index in [1.807, 2.05) is 37.3 Å². The molecule has 2 rings (SSSR count). The predicted molar refractivity (Wildman–Crippen MR) is 70.9 cm³/mol. The lowest BCUT2D eigenvalue weighted by Crippen LogP contribution is -2.15. The van der Waals surface area contributed by atoms with Gasteiger partial charge in [0.2, 0.25) is 0 Å². The highest BCUT2D eigenvalue weighted by Gasteiger charge is 2.13. The first-order valence-electron chi connectivity index (χ1n) is 5.31. The number of nitrogen functional groups attached to an aromatic ring is 1. The Labute approximate surface area is 105 Å². The Hall–Kier alpha value is -1.58. The van der Waals surface area contributed by atoms with Gasteiger partial charge in [-0.25, -0.2) is 4.98 Å². The smallest absolute Gasteiger partial charge is 0.128 e. The first-order chi connectivity index (χ1) is 8.08. The van der Waals surface area contributed by atoms with Gasteiger partial charge in [-0.05, 0) is 36.2 Å². The quantitative estimate of drug-likeness (QED) is 0.858. The first-order valence-corrected chi connectivity index (χ1v) is 5.69. The van der Waals surface area contributed by atoms with E-state index < -0.39 is 0 Å². The summed E-state index contributed by atoms with van der Waals surface area (Å²) in [5.41, 5.74) is 14.8. The van der Waals surface area contributed by atoms with Gasteiger partial charge in [0.05, 0.1) is 6.04 Å². The van der Waals surface area contributed by atoms with Crippen molar-refractivity contribution in [3.05, 3.63) is 58.2 Å². The van der Waals surface area contributed by atoms with Gasteiger partial charge in [-0.2, -0.15) is 0 Å². The molecule has 1 heterocycles. The van der Waals surface area contributed by atoms with E-state index in [0.29, 0.717) is 10.8 Å². The van der Waals surface area contributed by atoms with E-state index in [4.69, 9.17) is 23.1 Å². The fraction of sp³-hybridized carbons (Fsp3) is 0.154. The Morgan fingerprint density at radius 3 is 2.76 bits per heavy atom. The van der Waals surface area contributed by atoms with Crippen LogP contribution >= 0.6 is 11.6 Å². The molecule has 88 valence electrons. The molecule has 1 aromatic heterocycles. The SMILES string of the molecule is Cc1cnc(N)c(C(N)c2cccc(Cl)c2)c1. The third-order valence-corrected chi connectivity index (χ3v) is 2.86. The molecule has 17 heavy (non-hydrogen) atoms. The number of aromatic nitrogens is 1. The van der Waals surface area contributed by atoms with Crippen molar-refractivity contribution < 1.29 is 0 Å². The number of rotatable bonds is 2. The number of anilines is 1. The lowest BCUT2D eigenvalue weighted by Gasteiger charge is -2.15. The third-order valence-electron chi connectivity index (χ3n) is 2.63. The van der Waals surface area contributed by atoms with Crippen molar-refractivity contribution in [2.24, 2.45) is 5.73 Å². The average molecular weight is 248 g/mol.